The van der Waals surface area contributed by atoms with Gasteiger partial charge in [0.15, 0.2) is 0 Å². The highest BCUT2D eigenvalue weighted by molar-refractivity contribution is 9.08. The number of imide groups is 2. The fraction of sp³-hybridized carbons (Fsp3) is 0.446. The number of thioether (sulfide) groups is 2. The molecule has 2 unspecified atom stereocenters. The standard InChI is InChI=1S/C25H27N3O4S.C21H19BrN2O4.C5H10S.C2H3N.3CH4/c29-23-9-8-21(24(30)26-23)28-15-20-19(25(28)31)2-1-3-22(20)32-16-18-6-4-17(5-7-18)14-27-10-12-33-13-11-27;22-10-13-4-6-14(7-5-13)12-28-18-3-1-2-15-16(18)11-24(21(15)27)17-8-9-19(25)23-20(17)26;1-2-4-6-5-3-1;1-2-3;;;/h1-7,21H,8-16H2,(H,26,29,30);1-7,17H,8-12H2,(H,23,25,26);1-5H2;1H3;3*1H4. The molecule has 0 spiro atoms. The lowest BCUT2D eigenvalue weighted by molar-refractivity contribution is -0.138. The number of carbonyl (C=O) groups excluding carboxylic acids is 6. The Morgan fingerprint density at radius 1 is 0.603 bits per heavy atom. The lowest BCUT2D eigenvalue weighted by Crippen LogP contribution is -2.52. The Morgan fingerprint density at radius 2 is 1.01 bits per heavy atom. The molecule has 10 rings (SSSR count). The lowest BCUT2D eigenvalue weighted by Gasteiger charge is -2.29. The smallest absolute Gasteiger partial charge is 0.255 e. The number of benzene rings is 4. The SMILES string of the molecule is C.C.C.C1CCSCC1.CC#N.O=C1CCC(N2Cc3c(OCc4ccc(CBr)cc4)cccc3C2=O)C(=O)N1.O=C1CCC(N2Cc3c(OCc4ccc(CN5CCSCC5)cc4)cccc3C2=O)C(=O)N1. The van der Waals surface area contributed by atoms with E-state index in [1.165, 1.54) is 65.2 Å². The third kappa shape index (κ3) is 16.2. The molecule has 4 saturated heterocycles. The zero-order chi connectivity index (χ0) is 49.4. The number of nitrogens with zero attached hydrogens (tertiary/aromatic N) is 4. The number of fused-ring (bicyclic) bond motifs is 2. The number of alkyl halides is 1. The zero-order valence-corrected chi connectivity index (χ0v) is 42.6. The third-order valence-electron chi connectivity index (χ3n) is 12.7. The van der Waals surface area contributed by atoms with Crippen LogP contribution < -0.4 is 20.1 Å². The number of amides is 6. The molecule has 17 heteroatoms. The van der Waals surface area contributed by atoms with Crippen molar-refractivity contribution in [3.63, 3.8) is 0 Å². The fourth-order valence-electron chi connectivity index (χ4n) is 8.88. The van der Waals surface area contributed by atoms with Crippen molar-refractivity contribution in [2.75, 3.05) is 36.1 Å². The van der Waals surface area contributed by atoms with E-state index in [0.717, 1.165) is 47.2 Å². The summed E-state index contributed by atoms with van der Waals surface area (Å²) in [6, 6.07) is 27.9. The van der Waals surface area contributed by atoms with Gasteiger partial charge in [0.05, 0.1) is 19.2 Å². The van der Waals surface area contributed by atoms with Gasteiger partial charge < -0.3 is 19.3 Å². The maximum atomic E-state index is 13.0. The van der Waals surface area contributed by atoms with Gasteiger partial charge in [-0.3, -0.25) is 44.3 Å². The number of nitriles is 1. The summed E-state index contributed by atoms with van der Waals surface area (Å²) in [4.78, 5) is 78.7. The number of rotatable bonds is 11. The molecule has 0 aliphatic carbocycles. The Kier molecular flexibility index (Phi) is 24.5. The highest BCUT2D eigenvalue weighted by atomic mass is 79.9. The molecule has 6 aliphatic rings. The molecule has 73 heavy (non-hydrogen) atoms. The molecule has 0 radical (unpaired) electrons. The molecule has 6 heterocycles. The Bertz CT molecular complexity index is 2540. The predicted octanol–water partition coefficient (Wildman–Crippen LogP) is 9.84. The molecular weight excluding hydrogens is 1030 g/mol. The second-order valence-corrected chi connectivity index (χ2v) is 20.5. The highest BCUT2D eigenvalue weighted by Gasteiger charge is 2.41. The van der Waals surface area contributed by atoms with E-state index < -0.39 is 23.9 Å². The number of hydrogen-bond acceptors (Lipinski definition) is 12. The van der Waals surface area contributed by atoms with E-state index in [0.29, 0.717) is 61.8 Å². The first-order chi connectivity index (χ1) is 34.1. The van der Waals surface area contributed by atoms with Gasteiger partial charge in [0.1, 0.15) is 36.8 Å². The maximum Gasteiger partial charge on any atom is 0.255 e. The number of carbonyl (C=O) groups is 6. The van der Waals surface area contributed by atoms with Crippen LogP contribution in [-0.4, -0.2) is 98.3 Å². The van der Waals surface area contributed by atoms with Crippen LogP contribution in [0.2, 0.25) is 0 Å². The molecule has 0 aromatic heterocycles. The minimum atomic E-state index is -0.624. The molecule has 2 N–H and O–H groups in total. The quantitative estimate of drug-likeness (QED) is 0.108. The van der Waals surface area contributed by atoms with Crippen molar-refractivity contribution in [3.8, 4) is 17.6 Å². The summed E-state index contributed by atoms with van der Waals surface area (Å²) in [6.07, 6.45) is 5.59. The van der Waals surface area contributed by atoms with Gasteiger partial charge in [0, 0.05) is 78.5 Å². The summed E-state index contributed by atoms with van der Waals surface area (Å²) >= 11 is 7.54. The third-order valence-corrected chi connectivity index (χ3v) is 15.4. The van der Waals surface area contributed by atoms with Crippen molar-refractivity contribution in [1.29, 1.82) is 5.26 Å². The molecule has 4 fully saturated rings. The van der Waals surface area contributed by atoms with Crippen molar-refractivity contribution in [2.45, 2.75) is 124 Å². The monoisotopic (exact) mass is 1100 g/mol. The number of ether oxygens (including phenoxy) is 2. The first kappa shape index (κ1) is 59.9. The van der Waals surface area contributed by atoms with Gasteiger partial charge in [-0.05, 0) is 83.7 Å². The van der Waals surface area contributed by atoms with Crippen molar-refractivity contribution < 1.29 is 38.2 Å². The molecule has 6 amide bonds. The first-order valence-corrected chi connectivity index (χ1v) is 27.2. The summed E-state index contributed by atoms with van der Waals surface area (Å²) in [5.74, 6) is 4.77. The van der Waals surface area contributed by atoms with Gasteiger partial charge in [-0.25, -0.2) is 0 Å². The topological polar surface area (TPSA) is 178 Å². The molecule has 0 bridgehead atoms. The Morgan fingerprint density at radius 3 is 1.40 bits per heavy atom. The lowest BCUT2D eigenvalue weighted by atomic mass is 10.0. The molecule has 4 aromatic carbocycles. The van der Waals surface area contributed by atoms with Crippen LogP contribution in [0.5, 0.6) is 11.5 Å². The maximum absolute atomic E-state index is 13.0. The second kappa shape index (κ2) is 29.9. The van der Waals surface area contributed by atoms with Crippen LogP contribution in [0.4, 0.5) is 0 Å². The van der Waals surface area contributed by atoms with Crippen molar-refractivity contribution >= 4 is 74.9 Å². The van der Waals surface area contributed by atoms with Crippen LogP contribution >= 0.6 is 39.5 Å². The van der Waals surface area contributed by atoms with E-state index in [2.05, 4.69) is 67.5 Å². The van der Waals surface area contributed by atoms with Gasteiger partial charge in [0.25, 0.3) is 11.8 Å². The molecule has 6 aliphatic heterocycles. The molecule has 4 aromatic rings. The molecule has 14 nitrogen and oxygen atoms in total. The molecule has 2 atom stereocenters. The second-order valence-electron chi connectivity index (χ2n) is 17.5. The normalized spacial score (nSPS) is 18.9. The fourth-order valence-corrected chi connectivity index (χ4v) is 11.3. The molecule has 392 valence electrons. The van der Waals surface area contributed by atoms with E-state index in [-0.39, 0.29) is 58.8 Å². The summed E-state index contributed by atoms with van der Waals surface area (Å²) < 4.78 is 12.1. The van der Waals surface area contributed by atoms with Gasteiger partial charge in [-0.1, -0.05) is 105 Å². The summed E-state index contributed by atoms with van der Waals surface area (Å²) in [5.41, 5.74) is 7.29. The largest absolute Gasteiger partial charge is 0.489 e. The van der Waals surface area contributed by atoms with Crippen molar-refractivity contribution in [1.82, 2.24) is 25.3 Å². The van der Waals surface area contributed by atoms with Crippen LogP contribution in [-0.2, 0) is 57.4 Å². The minimum Gasteiger partial charge on any atom is -0.489 e. The Labute approximate surface area is 448 Å². The highest BCUT2D eigenvalue weighted by Crippen LogP contribution is 2.35. The number of halogens is 1. The average molecular weight is 1100 g/mol. The summed E-state index contributed by atoms with van der Waals surface area (Å²) in [5, 5.41) is 12.8. The van der Waals surface area contributed by atoms with Gasteiger partial charge in [-0.2, -0.15) is 28.8 Å². The van der Waals surface area contributed by atoms with E-state index in [4.69, 9.17) is 14.7 Å². The van der Waals surface area contributed by atoms with Gasteiger partial charge >= 0.3 is 0 Å². The number of hydrogen-bond donors (Lipinski definition) is 2. The predicted molar refractivity (Wildman–Crippen MR) is 294 cm³/mol. The Hall–Kier alpha value is -5.67. The van der Waals surface area contributed by atoms with Crippen LogP contribution in [0, 0.1) is 11.3 Å². The van der Waals surface area contributed by atoms with E-state index in [1.54, 1.807) is 35.2 Å². The minimum absolute atomic E-state index is 0. The van der Waals surface area contributed by atoms with E-state index >= 15 is 0 Å². The zero-order valence-electron chi connectivity index (χ0n) is 39.4. The van der Waals surface area contributed by atoms with Crippen LogP contribution in [0.3, 0.4) is 0 Å². The van der Waals surface area contributed by atoms with E-state index in [9.17, 15) is 28.8 Å². The van der Waals surface area contributed by atoms with Crippen LogP contribution in [0.1, 0.15) is 128 Å². The number of piperidine rings is 2. The van der Waals surface area contributed by atoms with Gasteiger partial charge in [0.2, 0.25) is 23.6 Å². The van der Waals surface area contributed by atoms with E-state index in [1.807, 2.05) is 48.2 Å². The van der Waals surface area contributed by atoms with Crippen LogP contribution in [0.25, 0.3) is 0 Å². The van der Waals surface area contributed by atoms with Crippen LogP contribution in [0.15, 0.2) is 84.9 Å². The molecule has 0 saturated carbocycles. The van der Waals surface area contributed by atoms with Crippen molar-refractivity contribution in [2.24, 2.45) is 0 Å². The first-order valence-electron chi connectivity index (χ1n) is 23.8. The number of nitrogens with one attached hydrogen (secondary N) is 2. The molecular formula is C56H71BrN6O8S2. The summed E-state index contributed by atoms with van der Waals surface area (Å²) in [6.45, 7) is 6.11. The summed E-state index contributed by atoms with van der Waals surface area (Å²) in [7, 11) is 0. The van der Waals surface area contributed by atoms with Crippen molar-refractivity contribution in [3.05, 3.63) is 129 Å². The Balaban J connectivity index is 0.000000263. The van der Waals surface area contributed by atoms with Gasteiger partial charge in [-0.15, -0.1) is 0 Å². The average Bonchev–Trinajstić information content (AvgIpc) is 3.90.